The molecule has 1 aromatic rings. The van der Waals surface area contributed by atoms with Crippen molar-refractivity contribution in [3.8, 4) is 5.75 Å². The maximum Gasteiger partial charge on any atom is 0.414 e. The number of carbonyl (C=O) groups excluding carboxylic acids is 2. The Morgan fingerprint density at radius 1 is 0.955 bits per heavy atom. The van der Waals surface area contributed by atoms with E-state index in [1.165, 1.54) is 18.4 Å². The van der Waals surface area contributed by atoms with E-state index in [0.717, 1.165) is 32.1 Å². The van der Waals surface area contributed by atoms with Crippen LogP contribution in [0.15, 0.2) is 24.3 Å². The molecule has 5 nitrogen and oxygen atoms in total. The Hall–Kier alpha value is -2.04. The molecule has 2 amide bonds. The van der Waals surface area contributed by atoms with E-state index < -0.39 is 12.2 Å². The van der Waals surface area contributed by atoms with Gasteiger partial charge in [-0.3, -0.25) is 10.1 Å². The zero-order chi connectivity index (χ0) is 15.8. The SMILES string of the molecule is O=C1NC(=O)C(CCCCCCCCc2ccc(O)cc2)O1. The second kappa shape index (κ2) is 8.41. The minimum atomic E-state index is -0.621. The fraction of sp³-hybridized carbons (Fsp3) is 0.529. The van der Waals surface area contributed by atoms with Crippen LogP contribution >= 0.6 is 0 Å². The molecular formula is C17H23NO4. The molecule has 5 heteroatoms. The summed E-state index contributed by atoms with van der Waals surface area (Å²) in [6, 6.07) is 7.37. The lowest BCUT2D eigenvalue weighted by molar-refractivity contribution is -0.123. The van der Waals surface area contributed by atoms with Crippen molar-refractivity contribution in [3.05, 3.63) is 29.8 Å². The Bertz CT molecular complexity index is 498. The summed E-state index contributed by atoms with van der Waals surface area (Å²) in [5, 5.41) is 11.3. The van der Waals surface area contributed by atoms with Gasteiger partial charge in [-0.05, 0) is 43.4 Å². The summed E-state index contributed by atoms with van der Waals surface area (Å²) in [6.07, 6.45) is 7.05. The first kappa shape index (κ1) is 16.3. The van der Waals surface area contributed by atoms with Crippen LogP contribution in [-0.2, 0) is 16.0 Å². The summed E-state index contributed by atoms with van der Waals surface area (Å²) in [7, 11) is 0. The molecule has 1 saturated heterocycles. The molecule has 1 aromatic carbocycles. The van der Waals surface area contributed by atoms with E-state index in [0.29, 0.717) is 12.2 Å². The van der Waals surface area contributed by atoms with E-state index in [1.807, 2.05) is 12.1 Å². The van der Waals surface area contributed by atoms with Crippen LogP contribution in [0, 0.1) is 0 Å². The second-order valence-electron chi connectivity index (χ2n) is 5.71. The Balaban J connectivity index is 1.45. The highest BCUT2D eigenvalue weighted by Gasteiger charge is 2.31. The average molecular weight is 305 g/mol. The number of imide groups is 1. The second-order valence-corrected chi connectivity index (χ2v) is 5.71. The van der Waals surface area contributed by atoms with Gasteiger partial charge < -0.3 is 9.84 Å². The minimum Gasteiger partial charge on any atom is -0.508 e. The van der Waals surface area contributed by atoms with Crippen molar-refractivity contribution in [1.82, 2.24) is 5.32 Å². The molecule has 22 heavy (non-hydrogen) atoms. The van der Waals surface area contributed by atoms with Crippen LogP contribution < -0.4 is 5.32 Å². The summed E-state index contributed by atoms with van der Waals surface area (Å²) in [4.78, 5) is 22.1. The highest BCUT2D eigenvalue weighted by Crippen LogP contribution is 2.15. The Morgan fingerprint density at radius 3 is 2.23 bits per heavy atom. The third-order valence-electron chi connectivity index (χ3n) is 3.89. The van der Waals surface area contributed by atoms with Crippen LogP contribution in [0.3, 0.4) is 0 Å². The van der Waals surface area contributed by atoms with Crippen molar-refractivity contribution in [2.45, 2.75) is 57.5 Å². The largest absolute Gasteiger partial charge is 0.508 e. The number of cyclic esters (lactones) is 1. The summed E-state index contributed by atoms with van der Waals surface area (Å²) in [5.41, 5.74) is 1.26. The number of alkyl carbamates (subject to hydrolysis) is 1. The zero-order valence-electron chi connectivity index (χ0n) is 12.7. The minimum absolute atomic E-state index is 0.307. The molecule has 1 unspecified atom stereocenters. The number of hydrogen-bond donors (Lipinski definition) is 2. The maximum absolute atomic E-state index is 11.3. The number of rotatable bonds is 9. The summed E-state index contributed by atoms with van der Waals surface area (Å²) in [5.74, 6) is 0.00396. The van der Waals surface area contributed by atoms with E-state index in [9.17, 15) is 14.7 Å². The van der Waals surface area contributed by atoms with Crippen molar-refractivity contribution >= 4 is 12.0 Å². The van der Waals surface area contributed by atoms with Gasteiger partial charge in [-0.15, -0.1) is 0 Å². The van der Waals surface area contributed by atoms with Crippen molar-refractivity contribution in [1.29, 1.82) is 0 Å². The fourth-order valence-corrected chi connectivity index (χ4v) is 2.61. The number of ether oxygens (including phenoxy) is 1. The lowest BCUT2D eigenvalue weighted by atomic mass is 10.0. The normalized spacial score (nSPS) is 17.4. The zero-order valence-corrected chi connectivity index (χ0v) is 12.7. The van der Waals surface area contributed by atoms with Gasteiger partial charge in [0, 0.05) is 0 Å². The van der Waals surface area contributed by atoms with Crippen LogP contribution in [0.25, 0.3) is 0 Å². The molecule has 0 saturated carbocycles. The van der Waals surface area contributed by atoms with Crippen molar-refractivity contribution in [2.75, 3.05) is 0 Å². The molecule has 2 rings (SSSR count). The predicted molar refractivity (Wildman–Crippen MR) is 82.5 cm³/mol. The van der Waals surface area contributed by atoms with E-state index in [2.05, 4.69) is 5.32 Å². The quantitative estimate of drug-likeness (QED) is 0.686. The topological polar surface area (TPSA) is 75.6 Å². The molecule has 0 radical (unpaired) electrons. The molecule has 1 aliphatic rings. The molecule has 0 spiro atoms. The number of nitrogens with one attached hydrogen (secondary N) is 1. The molecular weight excluding hydrogens is 282 g/mol. The first-order valence-electron chi connectivity index (χ1n) is 7.94. The first-order chi connectivity index (χ1) is 10.6. The van der Waals surface area contributed by atoms with Crippen molar-refractivity contribution in [3.63, 3.8) is 0 Å². The van der Waals surface area contributed by atoms with Gasteiger partial charge in [0.05, 0.1) is 0 Å². The highest BCUT2D eigenvalue weighted by molar-refractivity contribution is 5.99. The van der Waals surface area contributed by atoms with Gasteiger partial charge in [-0.2, -0.15) is 0 Å². The van der Waals surface area contributed by atoms with Crippen molar-refractivity contribution in [2.24, 2.45) is 0 Å². The third kappa shape index (κ3) is 5.39. The number of aryl methyl sites for hydroxylation is 1. The van der Waals surface area contributed by atoms with Gasteiger partial charge in [-0.1, -0.05) is 37.8 Å². The number of carbonyl (C=O) groups is 2. The summed E-state index contributed by atoms with van der Waals surface area (Å²) < 4.78 is 4.86. The van der Waals surface area contributed by atoms with Crippen LogP contribution in [0.1, 0.15) is 50.5 Å². The number of amides is 2. The Morgan fingerprint density at radius 2 is 1.59 bits per heavy atom. The molecule has 1 atom stereocenters. The van der Waals surface area contributed by atoms with Crippen molar-refractivity contribution < 1.29 is 19.4 Å². The summed E-state index contributed by atoms with van der Waals surface area (Å²) in [6.45, 7) is 0. The van der Waals surface area contributed by atoms with E-state index >= 15 is 0 Å². The van der Waals surface area contributed by atoms with Gasteiger partial charge in [-0.25, -0.2) is 4.79 Å². The average Bonchev–Trinajstić information content (AvgIpc) is 2.82. The van der Waals surface area contributed by atoms with Gasteiger partial charge in [0.1, 0.15) is 5.75 Å². The Kier molecular flexibility index (Phi) is 6.25. The molecule has 2 N–H and O–H groups in total. The van der Waals surface area contributed by atoms with E-state index in [4.69, 9.17) is 4.74 Å². The third-order valence-corrected chi connectivity index (χ3v) is 3.89. The molecule has 0 aromatic heterocycles. The van der Waals surface area contributed by atoms with Gasteiger partial charge in [0.25, 0.3) is 5.91 Å². The molecule has 1 heterocycles. The highest BCUT2D eigenvalue weighted by atomic mass is 16.6. The first-order valence-corrected chi connectivity index (χ1v) is 7.94. The smallest absolute Gasteiger partial charge is 0.414 e. The van der Waals surface area contributed by atoms with E-state index in [-0.39, 0.29) is 5.91 Å². The standard InChI is InChI=1S/C17H23NO4/c19-14-11-9-13(10-12-14)7-5-3-1-2-4-6-8-15-16(20)18-17(21)22-15/h9-12,15,19H,1-8H2,(H,18,20,21). The van der Waals surface area contributed by atoms with Gasteiger partial charge in [0.2, 0.25) is 0 Å². The number of unbranched alkanes of at least 4 members (excludes halogenated alkanes) is 5. The number of aromatic hydroxyl groups is 1. The number of phenols is 1. The van der Waals surface area contributed by atoms with Crippen LogP contribution in [0.4, 0.5) is 4.79 Å². The molecule has 120 valence electrons. The van der Waals surface area contributed by atoms with Crippen LogP contribution in [-0.4, -0.2) is 23.2 Å². The number of benzene rings is 1. The van der Waals surface area contributed by atoms with Gasteiger partial charge in [0.15, 0.2) is 6.10 Å². The predicted octanol–water partition coefficient (Wildman–Crippen LogP) is 3.30. The number of phenolic OH excluding ortho intramolecular Hbond substituents is 1. The summed E-state index contributed by atoms with van der Waals surface area (Å²) >= 11 is 0. The fourth-order valence-electron chi connectivity index (χ4n) is 2.61. The maximum atomic E-state index is 11.3. The molecule has 0 aliphatic carbocycles. The van der Waals surface area contributed by atoms with Crippen LogP contribution in [0.5, 0.6) is 5.75 Å². The lowest BCUT2D eigenvalue weighted by Crippen LogP contribution is -2.24. The van der Waals surface area contributed by atoms with E-state index in [1.54, 1.807) is 12.1 Å². The molecule has 0 bridgehead atoms. The Labute approximate surface area is 130 Å². The number of hydrogen-bond acceptors (Lipinski definition) is 4. The van der Waals surface area contributed by atoms with Gasteiger partial charge >= 0.3 is 6.09 Å². The van der Waals surface area contributed by atoms with Crippen LogP contribution in [0.2, 0.25) is 0 Å². The lowest BCUT2D eigenvalue weighted by Gasteiger charge is -2.06. The molecule has 1 aliphatic heterocycles. The monoisotopic (exact) mass is 305 g/mol. The molecule has 1 fully saturated rings.